The highest BCUT2D eigenvalue weighted by molar-refractivity contribution is 6.30. The van der Waals surface area contributed by atoms with Crippen molar-refractivity contribution in [2.75, 3.05) is 0 Å². The molecular weight excluding hydrogens is 336 g/mol. The van der Waals surface area contributed by atoms with E-state index in [4.69, 9.17) is 18.0 Å². The lowest BCUT2D eigenvalue weighted by molar-refractivity contribution is 0.0927. The first-order valence-corrected chi connectivity index (χ1v) is 8.09. The van der Waals surface area contributed by atoms with Gasteiger partial charge in [0.15, 0.2) is 11.3 Å². The van der Waals surface area contributed by atoms with E-state index in [9.17, 15) is 4.79 Å². The van der Waals surface area contributed by atoms with Crippen LogP contribution in [0.1, 0.15) is 30.0 Å². The predicted octanol–water partition coefficient (Wildman–Crippen LogP) is 3.50. The molecule has 6 heteroatoms. The molecule has 0 spiro atoms. The van der Waals surface area contributed by atoms with Gasteiger partial charge in [-0.05, 0) is 39.0 Å². The minimum Gasteiger partial charge on any atom is -0.335 e. The van der Waals surface area contributed by atoms with Crippen molar-refractivity contribution in [1.82, 2.24) is 19.7 Å². The van der Waals surface area contributed by atoms with Crippen molar-refractivity contribution < 1.29 is 4.79 Å². The van der Waals surface area contributed by atoms with Crippen molar-refractivity contribution in [2.45, 2.75) is 26.3 Å². The molecule has 25 heavy (non-hydrogen) atoms. The van der Waals surface area contributed by atoms with Crippen LogP contribution in [0.4, 0.5) is 0 Å². The zero-order chi connectivity index (χ0) is 18.2. The molecular formula is C19H17ClN4O. The molecule has 126 valence electrons. The SMILES string of the molecule is C#CC(C)(C)NC(=O)c1ncn2c(C)cc(-c3cccc(Cl)c3)nc12. The second kappa shape index (κ2) is 6.23. The fourth-order valence-electron chi connectivity index (χ4n) is 2.46. The van der Waals surface area contributed by atoms with Gasteiger partial charge in [-0.3, -0.25) is 9.20 Å². The summed E-state index contributed by atoms with van der Waals surface area (Å²) in [6.45, 7) is 5.43. The number of nitrogens with one attached hydrogen (secondary N) is 1. The van der Waals surface area contributed by atoms with Gasteiger partial charge in [-0.1, -0.05) is 29.7 Å². The summed E-state index contributed by atoms with van der Waals surface area (Å²) >= 11 is 6.07. The lowest BCUT2D eigenvalue weighted by atomic mass is 10.1. The fraction of sp³-hybridized carbons (Fsp3) is 0.211. The van der Waals surface area contributed by atoms with E-state index in [-0.39, 0.29) is 11.6 Å². The molecule has 0 aliphatic heterocycles. The second-order valence-corrected chi connectivity index (χ2v) is 6.74. The van der Waals surface area contributed by atoms with Gasteiger partial charge in [-0.2, -0.15) is 0 Å². The molecule has 2 aromatic heterocycles. The number of carbonyl (C=O) groups excluding carboxylic acids is 1. The minimum atomic E-state index is -0.771. The van der Waals surface area contributed by atoms with Crippen molar-refractivity contribution in [3.63, 3.8) is 0 Å². The molecule has 0 aliphatic rings. The molecule has 3 aromatic rings. The third-order valence-electron chi connectivity index (χ3n) is 3.82. The van der Waals surface area contributed by atoms with Crippen LogP contribution < -0.4 is 5.32 Å². The Hall–Kier alpha value is -2.84. The average molecular weight is 353 g/mol. The van der Waals surface area contributed by atoms with Crippen LogP contribution in [0.15, 0.2) is 36.7 Å². The summed E-state index contributed by atoms with van der Waals surface area (Å²) in [6, 6.07) is 9.33. The van der Waals surface area contributed by atoms with E-state index in [1.54, 1.807) is 30.6 Å². The van der Waals surface area contributed by atoms with Crippen LogP contribution in [0.5, 0.6) is 0 Å². The summed E-state index contributed by atoms with van der Waals surface area (Å²) in [6.07, 6.45) is 7.02. The van der Waals surface area contributed by atoms with Gasteiger partial charge in [0.25, 0.3) is 5.91 Å². The number of amides is 1. The van der Waals surface area contributed by atoms with Crippen molar-refractivity contribution in [2.24, 2.45) is 0 Å². The average Bonchev–Trinajstić information content (AvgIpc) is 2.99. The second-order valence-electron chi connectivity index (χ2n) is 6.30. The Bertz CT molecular complexity index is 1010. The van der Waals surface area contributed by atoms with Gasteiger partial charge in [0, 0.05) is 16.3 Å². The molecule has 3 rings (SSSR count). The number of fused-ring (bicyclic) bond motifs is 1. The third kappa shape index (κ3) is 3.35. The van der Waals surface area contributed by atoms with Gasteiger partial charge < -0.3 is 5.32 Å². The lowest BCUT2D eigenvalue weighted by Crippen LogP contribution is -2.42. The van der Waals surface area contributed by atoms with Crippen LogP contribution in [-0.4, -0.2) is 25.8 Å². The number of aromatic nitrogens is 3. The van der Waals surface area contributed by atoms with E-state index in [1.165, 1.54) is 0 Å². The molecule has 0 saturated heterocycles. The number of benzene rings is 1. The number of carbonyl (C=O) groups is 1. The van der Waals surface area contributed by atoms with Crippen molar-refractivity contribution in [3.05, 3.63) is 53.1 Å². The Morgan fingerprint density at radius 3 is 2.80 bits per heavy atom. The Labute approximate surface area is 151 Å². The number of nitrogens with zero attached hydrogens (tertiary/aromatic N) is 3. The summed E-state index contributed by atoms with van der Waals surface area (Å²) in [4.78, 5) is 21.4. The van der Waals surface area contributed by atoms with Crippen LogP contribution in [0.2, 0.25) is 5.02 Å². The maximum Gasteiger partial charge on any atom is 0.274 e. The molecule has 0 fully saturated rings. The normalized spacial score (nSPS) is 11.3. The molecule has 0 atom stereocenters. The summed E-state index contributed by atoms with van der Waals surface area (Å²) in [5, 5.41) is 3.40. The number of rotatable bonds is 3. The number of aryl methyl sites for hydroxylation is 1. The summed E-state index contributed by atoms with van der Waals surface area (Å²) in [7, 11) is 0. The number of hydrogen-bond donors (Lipinski definition) is 1. The monoisotopic (exact) mass is 352 g/mol. The van der Waals surface area contributed by atoms with Gasteiger partial charge in [0.2, 0.25) is 0 Å². The number of terminal acetylenes is 1. The molecule has 0 aliphatic carbocycles. The topological polar surface area (TPSA) is 59.3 Å². The summed E-state index contributed by atoms with van der Waals surface area (Å²) in [5.74, 6) is 2.17. The van der Waals surface area contributed by atoms with E-state index in [0.29, 0.717) is 10.7 Å². The first kappa shape index (κ1) is 17.0. The van der Waals surface area contributed by atoms with Gasteiger partial charge in [-0.15, -0.1) is 6.42 Å². The summed E-state index contributed by atoms with van der Waals surface area (Å²) < 4.78 is 1.77. The maximum absolute atomic E-state index is 12.6. The van der Waals surface area contributed by atoms with Crippen molar-refractivity contribution in [1.29, 1.82) is 0 Å². The van der Waals surface area contributed by atoms with Crippen LogP contribution in [0, 0.1) is 19.3 Å². The quantitative estimate of drug-likeness (QED) is 0.734. The molecule has 1 N–H and O–H groups in total. The van der Waals surface area contributed by atoms with Gasteiger partial charge >= 0.3 is 0 Å². The zero-order valence-corrected chi connectivity index (χ0v) is 14.9. The van der Waals surface area contributed by atoms with Crippen molar-refractivity contribution >= 4 is 23.2 Å². The molecule has 0 radical (unpaired) electrons. The van der Waals surface area contributed by atoms with E-state index in [2.05, 4.69) is 21.2 Å². The molecule has 1 aromatic carbocycles. The Morgan fingerprint density at radius 1 is 1.36 bits per heavy atom. The largest absolute Gasteiger partial charge is 0.335 e. The highest BCUT2D eigenvalue weighted by Crippen LogP contribution is 2.23. The number of hydrogen-bond acceptors (Lipinski definition) is 3. The first-order chi connectivity index (χ1) is 11.8. The van der Waals surface area contributed by atoms with E-state index >= 15 is 0 Å². The van der Waals surface area contributed by atoms with Gasteiger partial charge in [-0.25, -0.2) is 9.97 Å². The standard InChI is InChI=1S/C19H17ClN4O/c1-5-19(3,4)23-18(25)16-17-22-15(9-12(2)24(17)11-21-16)13-7-6-8-14(20)10-13/h1,6-11H,2-4H3,(H,23,25). The summed E-state index contributed by atoms with van der Waals surface area (Å²) in [5.41, 5.74) is 2.43. The number of imidazole rings is 1. The van der Waals surface area contributed by atoms with Crippen LogP contribution in [-0.2, 0) is 0 Å². The molecule has 5 nitrogen and oxygen atoms in total. The van der Waals surface area contributed by atoms with Gasteiger partial charge in [0.05, 0.1) is 11.2 Å². The fourth-order valence-corrected chi connectivity index (χ4v) is 2.65. The van der Waals surface area contributed by atoms with E-state index in [1.807, 2.05) is 31.2 Å². The van der Waals surface area contributed by atoms with Crippen LogP contribution >= 0.6 is 11.6 Å². The number of halogens is 1. The van der Waals surface area contributed by atoms with Crippen molar-refractivity contribution in [3.8, 4) is 23.6 Å². The minimum absolute atomic E-state index is 0.232. The smallest absolute Gasteiger partial charge is 0.274 e. The molecule has 1 amide bonds. The Morgan fingerprint density at radius 2 is 2.12 bits per heavy atom. The van der Waals surface area contributed by atoms with Crippen LogP contribution in [0.3, 0.4) is 0 Å². The van der Waals surface area contributed by atoms with Gasteiger partial charge in [0.1, 0.15) is 6.33 Å². The van der Waals surface area contributed by atoms with E-state index in [0.717, 1.165) is 17.0 Å². The Kier molecular flexibility index (Phi) is 4.23. The highest BCUT2D eigenvalue weighted by atomic mass is 35.5. The molecule has 0 bridgehead atoms. The van der Waals surface area contributed by atoms with Crippen LogP contribution in [0.25, 0.3) is 16.9 Å². The zero-order valence-electron chi connectivity index (χ0n) is 14.2. The third-order valence-corrected chi connectivity index (χ3v) is 4.05. The predicted molar refractivity (Wildman–Crippen MR) is 98.5 cm³/mol. The Balaban J connectivity index is 2.11. The highest BCUT2D eigenvalue weighted by Gasteiger charge is 2.23. The molecule has 2 heterocycles. The van der Waals surface area contributed by atoms with E-state index < -0.39 is 5.54 Å². The molecule has 0 unspecified atom stereocenters. The lowest BCUT2D eigenvalue weighted by Gasteiger charge is -2.18. The molecule has 0 saturated carbocycles. The first-order valence-electron chi connectivity index (χ1n) is 7.71. The maximum atomic E-state index is 12.6.